The van der Waals surface area contributed by atoms with Gasteiger partial charge in [-0.05, 0) is 77.1 Å². The van der Waals surface area contributed by atoms with E-state index in [1.165, 1.54) is 27.8 Å². The Labute approximate surface area is 287 Å². The van der Waals surface area contributed by atoms with Crippen LogP contribution in [0, 0.1) is 0 Å². The summed E-state index contributed by atoms with van der Waals surface area (Å²) in [7, 11) is 0. The molecule has 5 nitrogen and oxygen atoms in total. The van der Waals surface area contributed by atoms with Gasteiger partial charge in [-0.2, -0.15) is 5.10 Å². The van der Waals surface area contributed by atoms with Gasteiger partial charge in [0.25, 0.3) is 0 Å². The molecule has 2 aromatic heterocycles. The number of aromatic nitrogens is 3. The Morgan fingerprint density at radius 1 is 0.854 bits per heavy atom. The van der Waals surface area contributed by atoms with Gasteiger partial charge in [0.05, 0.1) is 17.8 Å². The first-order chi connectivity index (χ1) is 23.5. The van der Waals surface area contributed by atoms with Gasteiger partial charge in [-0.15, -0.1) is 0 Å². The molecule has 0 N–H and O–H groups in total. The standard InChI is InChI=1S/C42H37ClN4O/c1-30(39-18-10-11-24-44-39)41-34(26-33-14-8-9-17-38(33)41)28-46(25-23-31-12-4-2-5-13-31)40(48)27-35-29-47(37-15-6-3-7-16-37)45-42(35)32-19-21-36(43)22-20-32/h2-22,24,29-30H,23,25-28H2,1H3. The number of halogens is 1. The second-order valence-electron chi connectivity index (χ2n) is 12.3. The maximum atomic E-state index is 14.6. The number of hydrogen-bond acceptors (Lipinski definition) is 3. The fourth-order valence-corrected chi connectivity index (χ4v) is 6.85. The molecule has 0 bridgehead atoms. The van der Waals surface area contributed by atoms with Crippen molar-refractivity contribution in [3.05, 3.63) is 178 Å². The summed E-state index contributed by atoms with van der Waals surface area (Å²) in [6, 6.07) is 42.8. The van der Waals surface area contributed by atoms with Crippen molar-refractivity contribution in [2.24, 2.45) is 0 Å². The second-order valence-corrected chi connectivity index (χ2v) is 12.8. The highest BCUT2D eigenvalue weighted by Gasteiger charge is 2.29. The molecule has 1 amide bonds. The molecule has 1 aliphatic rings. The lowest BCUT2D eigenvalue weighted by molar-refractivity contribution is -0.130. The van der Waals surface area contributed by atoms with E-state index in [0.29, 0.717) is 18.1 Å². The SMILES string of the molecule is CC(C1=C(CN(CCc2ccccc2)C(=O)Cc2cn(-c3ccccc3)nc2-c2ccc(Cl)cc2)Cc2ccccc21)c1ccccn1. The minimum atomic E-state index is 0.0713. The van der Waals surface area contributed by atoms with Crippen LogP contribution in [0.1, 0.15) is 40.8 Å². The van der Waals surface area contributed by atoms with Crippen LogP contribution in [0.25, 0.3) is 22.5 Å². The fourth-order valence-electron chi connectivity index (χ4n) is 6.72. The first kappa shape index (κ1) is 31.3. The van der Waals surface area contributed by atoms with Gasteiger partial charge in [0, 0.05) is 53.2 Å². The fraction of sp³-hybridized carbons (Fsp3) is 0.167. The van der Waals surface area contributed by atoms with Crippen molar-refractivity contribution >= 4 is 23.1 Å². The average Bonchev–Trinajstić information content (AvgIpc) is 3.72. The number of amides is 1. The van der Waals surface area contributed by atoms with Crippen LogP contribution in [0.2, 0.25) is 5.02 Å². The van der Waals surface area contributed by atoms with E-state index in [2.05, 4.69) is 61.5 Å². The molecule has 1 aliphatic carbocycles. The largest absolute Gasteiger partial charge is 0.338 e. The van der Waals surface area contributed by atoms with Crippen molar-refractivity contribution in [3.63, 3.8) is 0 Å². The monoisotopic (exact) mass is 648 g/mol. The number of fused-ring (bicyclic) bond motifs is 1. The summed E-state index contributed by atoms with van der Waals surface area (Å²) in [4.78, 5) is 21.3. The Hall–Kier alpha value is -5.26. The maximum absolute atomic E-state index is 14.6. The van der Waals surface area contributed by atoms with Crippen LogP contribution in [-0.2, 0) is 24.1 Å². The number of pyridine rings is 1. The Kier molecular flexibility index (Phi) is 9.30. The zero-order chi connectivity index (χ0) is 32.9. The zero-order valence-corrected chi connectivity index (χ0v) is 27.7. The molecular formula is C42H37ClN4O. The van der Waals surface area contributed by atoms with Crippen molar-refractivity contribution in [1.29, 1.82) is 0 Å². The van der Waals surface area contributed by atoms with Crippen molar-refractivity contribution < 1.29 is 4.79 Å². The number of para-hydroxylation sites is 1. The molecule has 238 valence electrons. The van der Waals surface area contributed by atoms with Crippen LogP contribution >= 0.6 is 11.6 Å². The van der Waals surface area contributed by atoms with Gasteiger partial charge in [0.1, 0.15) is 0 Å². The van der Waals surface area contributed by atoms with Crippen LogP contribution in [0.4, 0.5) is 0 Å². The highest BCUT2D eigenvalue weighted by Crippen LogP contribution is 2.42. The van der Waals surface area contributed by atoms with E-state index in [1.54, 1.807) is 0 Å². The van der Waals surface area contributed by atoms with E-state index < -0.39 is 0 Å². The molecular weight excluding hydrogens is 612 g/mol. The van der Waals surface area contributed by atoms with Gasteiger partial charge in [-0.3, -0.25) is 9.78 Å². The quantitative estimate of drug-likeness (QED) is 0.141. The second kappa shape index (κ2) is 14.2. The van der Waals surface area contributed by atoms with Crippen LogP contribution in [0.5, 0.6) is 0 Å². The molecule has 0 fully saturated rings. The van der Waals surface area contributed by atoms with E-state index in [4.69, 9.17) is 21.7 Å². The summed E-state index contributed by atoms with van der Waals surface area (Å²) >= 11 is 6.24. The molecule has 0 saturated heterocycles. The predicted octanol–water partition coefficient (Wildman–Crippen LogP) is 9.02. The number of benzene rings is 4. The molecule has 4 aromatic carbocycles. The molecule has 6 heteroatoms. The summed E-state index contributed by atoms with van der Waals surface area (Å²) in [5, 5.41) is 5.63. The maximum Gasteiger partial charge on any atom is 0.227 e. The lowest BCUT2D eigenvalue weighted by atomic mass is 9.90. The van der Waals surface area contributed by atoms with Gasteiger partial charge in [-0.25, -0.2) is 4.68 Å². The topological polar surface area (TPSA) is 51.0 Å². The smallest absolute Gasteiger partial charge is 0.227 e. The van der Waals surface area contributed by atoms with Crippen LogP contribution in [0.15, 0.2) is 145 Å². The normalized spacial score (nSPS) is 13.0. The zero-order valence-electron chi connectivity index (χ0n) is 27.0. The molecule has 1 atom stereocenters. The molecule has 1 unspecified atom stereocenters. The lowest BCUT2D eigenvalue weighted by Crippen LogP contribution is -2.36. The molecule has 6 aromatic rings. The lowest BCUT2D eigenvalue weighted by Gasteiger charge is -2.26. The van der Waals surface area contributed by atoms with Crippen molar-refractivity contribution in [1.82, 2.24) is 19.7 Å². The predicted molar refractivity (Wildman–Crippen MR) is 194 cm³/mol. The molecule has 0 saturated carbocycles. The summed E-state index contributed by atoms with van der Waals surface area (Å²) in [5.41, 5.74) is 10.9. The summed E-state index contributed by atoms with van der Waals surface area (Å²) < 4.78 is 1.86. The van der Waals surface area contributed by atoms with Crippen molar-refractivity contribution in [3.8, 4) is 16.9 Å². The van der Waals surface area contributed by atoms with E-state index >= 15 is 0 Å². The van der Waals surface area contributed by atoms with E-state index in [-0.39, 0.29) is 18.2 Å². The van der Waals surface area contributed by atoms with E-state index in [1.807, 2.05) is 94.8 Å². The Morgan fingerprint density at radius 2 is 1.56 bits per heavy atom. The number of allylic oxidation sites excluding steroid dienone is 1. The molecule has 48 heavy (non-hydrogen) atoms. The summed E-state index contributed by atoms with van der Waals surface area (Å²) in [6.45, 7) is 3.39. The summed E-state index contributed by atoms with van der Waals surface area (Å²) in [6.07, 6.45) is 5.66. The third-order valence-corrected chi connectivity index (χ3v) is 9.43. The number of carbonyl (C=O) groups excluding carboxylic acids is 1. The summed E-state index contributed by atoms with van der Waals surface area (Å²) in [5.74, 6) is 0.165. The van der Waals surface area contributed by atoms with Crippen LogP contribution in [-0.4, -0.2) is 38.7 Å². The third kappa shape index (κ3) is 6.87. The number of rotatable bonds is 11. The van der Waals surface area contributed by atoms with Crippen molar-refractivity contribution in [2.75, 3.05) is 13.1 Å². The van der Waals surface area contributed by atoms with E-state index in [9.17, 15) is 4.79 Å². The molecule has 0 aliphatic heterocycles. The van der Waals surface area contributed by atoms with Gasteiger partial charge >= 0.3 is 0 Å². The number of hydrogen-bond donors (Lipinski definition) is 0. The van der Waals surface area contributed by atoms with E-state index in [0.717, 1.165) is 41.0 Å². The van der Waals surface area contributed by atoms with Gasteiger partial charge in [0.15, 0.2) is 0 Å². The van der Waals surface area contributed by atoms with Gasteiger partial charge in [-0.1, -0.05) is 110 Å². The molecule has 2 heterocycles. The van der Waals surface area contributed by atoms with Crippen molar-refractivity contribution in [2.45, 2.75) is 32.1 Å². The van der Waals surface area contributed by atoms with Gasteiger partial charge < -0.3 is 4.90 Å². The Balaban J connectivity index is 1.25. The first-order valence-electron chi connectivity index (χ1n) is 16.5. The highest BCUT2D eigenvalue weighted by atomic mass is 35.5. The third-order valence-electron chi connectivity index (χ3n) is 9.17. The molecule has 0 radical (unpaired) electrons. The average molecular weight is 649 g/mol. The number of carbonyl (C=O) groups is 1. The molecule has 7 rings (SSSR count). The minimum Gasteiger partial charge on any atom is -0.338 e. The number of nitrogens with zero attached hydrogens (tertiary/aromatic N) is 4. The van der Waals surface area contributed by atoms with Gasteiger partial charge in [0.2, 0.25) is 5.91 Å². The Morgan fingerprint density at radius 3 is 2.31 bits per heavy atom. The minimum absolute atomic E-state index is 0.0713. The first-order valence-corrected chi connectivity index (χ1v) is 16.8. The Bertz CT molecular complexity index is 2040. The molecule has 0 spiro atoms. The van der Waals surface area contributed by atoms with Crippen LogP contribution in [0.3, 0.4) is 0 Å². The van der Waals surface area contributed by atoms with Crippen LogP contribution < -0.4 is 0 Å². The highest BCUT2D eigenvalue weighted by molar-refractivity contribution is 6.30.